The van der Waals surface area contributed by atoms with Gasteiger partial charge >= 0.3 is 0 Å². The van der Waals surface area contributed by atoms with Crippen molar-refractivity contribution in [3.63, 3.8) is 0 Å². The molecule has 1 fully saturated rings. The lowest BCUT2D eigenvalue weighted by atomic mass is 9.94. The van der Waals surface area contributed by atoms with E-state index in [1.54, 1.807) is 0 Å². The van der Waals surface area contributed by atoms with Gasteiger partial charge in [-0.05, 0) is 30.7 Å². The molecular weight excluding hydrogens is 316 g/mol. The number of carbonyl (C=O) groups is 1. The number of carbonyl (C=O) groups excluding carboxylic acids is 1. The molecule has 20 heavy (non-hydrogen) atoms. The van der Waals surface area contributed by atoms with Crippen LogP contribution in [0.3, 0.4) is 0 Å². The molecule has 0 atom stereocenters. The second-order valence-electron chi connectivity index (χ2n) is 6.46. The largest absolute Gasteiger partial charge is 0.368 e. The van der Waals surface area contributed by atoms with Crippen LogP contribution in [0.15, 0.2) is 22.7 Å². The van der Waals surface area contributed by atoms with Gasteiger partial charge in [0, 0.05) is 41.8 Å². The van der Waals surface area contributed by atoms with Crippen LogP contribution >= 0.6 is 15.9 Å². The van der Waals surface area contributed by atoms with Gasteiger partial charge in [0.15, 0.2) is 0 Å². The van der Waals surface area contributed by atoms with E-state index in [9.17, 15) is 4.79 Å². The van der Waals surface area contributed by atoms with Gasteiger partial charge in [-0.25, -0.2) is 0 Å². The van der Waals surface area contributed by atoms with E-state index in [1.807, 2.05) is 25.7 Å². The molecule has 1 aromatic carbocycles. The van der Waals surface area contributed by atoms with Gasteiger partial charge < -0.3 is 9.80 Å². The molecule has 0 radical (unpaired) electrons. The Morgan fingerprint density at radius 2 is 1.75 bits per heavy atom. The Morgan fingerprint density at radius 3 is 2.25 bits per heavy atom. The fourth-order valence-corrected chi connectivity index (χ4v) is 2.71. The van der Waals surface area contributed by atoms with Crippen molar-refractivity contribution in [1.82, 2.24) is 4.90 Å². The van der Waals surface area contributed by atoms with E-state index in [0.29, 0.717) is 0 Å². The zero-order chi connectivity index (χ0) is 14.9. The summed E-state index contributed by atoms with van der Waals surface area (Å²) in [6.07, 6.45) is 0. The summed E-state index contributed by atoms with van der Waals surface area (Å²) in [5.74, 6) is 0.254. The van der Waals surface area contributed by atoms with Gasteiger partial charge in [0.05, 0.1) is 0 Å². The molecule has 1 aliphatic rings. The van der Waals surface area contributed by atoms with Crippen LogP contribution in [0, 0.1) is 12.3 Å². The van der Waals surface area contributed by atoms with Crippen LogP contribution in [0.5, 0.6) is 0 Å². The number of nitrogens with zero attached hydrogens (tertiary/aromatic N) is 2. The standard InChI is InChI=1S/C16H23BrN2O/c1-12-11-13(5-6-14(12)17)18-7-9-19(10-8-18)15(20)16(2,3)4/h5-6,11H,7-10H2,1-4H3. The summed E-state index contributed by atoms with van der Waals surface area (Å²) in [6, 6.07) is 6.43. The molecule has 0 unspecified atom stereocenters. The molecule has 1 amide bonds. The monoisotopic (exact) mass is 338 g/mol. The molecule has 0 bridgehead atoms. The number of piperazine rings is 1. The summed E-state index contributed by atoms with van der Waals surface area (Å²) < 4.78 is 1.14. The summed E-state index contributed by atoms with van der Waals surface area (Å²) in [7, 11) is 0. The SMILES string of the molecule is Cc1cc(N2CCN(C(=O)C(C)(C)C)CC2)ccc1Br. The van der Waals surface area contributed by atoms with Gasteiger partial charge in [-0.1, -0.05) is 36.7 Å². The molecule has 1 aromatic rings. The number of hydrogen-bond acceptors (Lipinski definition) is 2. The lowest BCUT2D eigenvalue weighted by Gasteiger charge is -2.38. The summed E-state index contributed by atoms with van der Waals surface area (Å²) in [4.78, 5) is 16.6. The predicted molar refractivity (Wildman–Crippen MR) is 87.1 cm³/mol. The first-order valence-electron chi connectivity index (χ1n) is 7.09. The van der Waals surface area contributed by atoms with Crippen LogP contribution in [0.2, 0.25) is 0 Å². The zero-order valence-corrected chi connectivity index (χ0v) is 14.3. The summed E-state index contributed by atoms with van der Waals surface area (Å²) in [5.41, 5.74) is 2.21. The fourth-order valence-electron chi connectivity index (χ4n) is 2.47. The van der Waals surface area contributed by atoms with Crippen LogP contribution in [0.25, 0.3) is 0 Å². The molecule has 0 saturated carbocycles. The van der Waals surface area contributed by atoms with E-state index >= 15 is 0 Å². The van der Waals surface area contributed by atoms with E-state index in [0.717, 1.165) is 30.7 Å². The van der Waals surface area contributed by atoms with E-state index in [4.69, 9.17) is 0 Å². The average molecular weight is 339 g/mol. The Hall–Kier alpha value is -1.03. The molecule has 2 rings (SSSR count). The highest BCUT2D eigenvalue weighted by Crippen LogP contribution is 2.25. The van der Waals surface area contributed by atoms with Crippen LogP contribution in [-0.2, 0) is 4.79 Å². The van der Waals surface area contributed by atoms with Crippen molar-refractivity contribution in [3.05, 3.63) is 28.2 Å². The third-order valence-corrected chi connectivity index (χ3v) is 4.60. The van der Waals surface area contributed by atoms with Gasteiger partial charge in [-0.15, -0.1) is 0 Å². The summed E-state index contributed by atoms with van der Waals surface area (Å²) in [6.45, 7) is 11.5. The van der Waals surface area contributed by atoms with Gasteiger partial charge in [-0.3, -0.25) is 4.79 Å². The van der Waals surface area contributed by atoms with E-state index in [2.05, 4.69) is 46.0 Å². The smallest absolute Gasteiger partial charge is 0.228 e. The van der Waals surface area contributed by atoms with E-state index < -0.39 is 0 Å². The minimum absolute atomic E-state index is 0.254. The van der Waals surface area contributed by atoms with E-state index in [1.165, 1.54) is 11.3 Å². The highest BCUT2D eigenvalue weighted by Gasteiger charge is 2.29. The van der Waals surface area contributed by atoms with Crippen molar-refractivity contribution in [2.45, 2.75) is 27.7 Å². The number of benzene rings is 1. The summed E-state index contributed by atoms with van der Waals surface area (Å²) in [5, 5.41) is 0. The second kappa shape index (κ2) is 5.76. The second-order valence-corrected chi connectivity index (χ2v) is 7.32. The van der Waals surface area contributed by atoms with Gasteiger partial charge in [0.1, 0.15) is 0 Å². The first kappa shape index (κ1) is 15.4. The molecule has 0 aromatic heterocycles. The fraction of sp³-hybridized carbons (Fsp3) is 0.562. The highest BCUT2D eigenvalue weighted by molar-refractivity contribution is 9.10. The molecule has 3 nitrogen and oxygen atoms in total. The maximum absolute atomic E-state index is 12.3. The molecule has 0 spiro atoms. The molecule has 0 N–H and O–H groups in total. The maximum atomic E-state index is 12.3. The average Bonchev–Trinajstić information content (AvgIpc) is 2.40. The molecule has 1 saturated heterocycles. The predicted octanol–water partition coefficient (Wildman–Crippen LogP) is 3.45. The lowest BCUT2D eigenvalue weighted by molar-refractivity contribution is -0.139. The van der Waals surface area contributed by atoms with Crippen molar-refractivity contribution in [2.24, 2.45) is 5.41 Å². The van der Waals surface area contributed by atoms with E-state index in [-0.39, 0.29) is 11.3 Å². The topological polar surface area (TPSA) is 23.6 Å². The number of anilines is 1. The highest BCUT2D eigenvalue weighted by atomic mass is 79.9. The lowest BCUT2D eigenvalue weighted by Crippen LogP contribution is -2.51. The van der Waals surface area contributed by atoms with Crippen molar-refractivity contribution in [3.8, 4) is 0 Å². The molecule has 4 heteroatoms. The minimum Gasteiger partial charge on any atom is -0.368 e. The Balaban J connectivity index is 2.01. The van der Waals surface area contributed by atoms with Crippen LogP contribution in [0.1, 0.15) is 26.3 Å². The number of amides is 1. The maximum Gasteiger partial charge on any atom is 0.228 e. The van der Waals surface area contributed by atoms with Gasteiger partial charge in [-0.2, -0.15) is 0 Å². The molecule has 0 aliphatic carbocycles. The van der Waals surface area contributed by atoms with Crippen molar-refractivity contribution < 1.29 is 4.79 Å². The van der Waals surface area contributed by atoms with Gasteiger partial charge in [0.2, 0.25) is 5.91 Å². The number of halogens is 1. The number of hydrogen-bond donors (Lipinski definition) is 0. The summed E-state index contributed by atoms with van der Waals surface area (Å²) >= 11 is 3.53. The number of rotatable bonds is 1. The molecule has 110 valence electrons. The Bertz CT molecular complexity index is 500. The van der Waals surface area contributed by atoms with Gasteiger partial charge in [0.25, 0.3) is 0 Å². The zero-order valence-electron chi connectivity index (χ0n) is 12.7. The van der Waals surface area contributed by atoms with Crippen LogP contribution < -0.4 is 4.90 Å². The minimum atomic E-state index is -0.281. The Kier molecular flexibility index (Phi) is 4.43. The molecular formula is C16H23BrN2O. The first-order valence-corrected chi connectivity index (χ1v) is 7.89. The Labute approximate surface area is 130 Å². The van der Waals surface area contributed by atoms with Crippen LogP contribution in [-0.4, -0.2) is 37.0 Å². The molecule has 1 heterocycles. The molecule has 1 aliphatic heterocycles. The normalized spacial score (nSPS) is 16.4. The van der Waals surface area contributed by atoms with Crippen molar-refractivity contribution >= 4 is 27.5 Å². The first-order chi connectivity index (χ1) is 9.29. The van der Waals surface area contributed by atoms with Crippen LogP contribution in [0.4, 0.5) is 5.69 Å². The number of aryl methyl sites for hydroxylation is 1. The third-order valence-electron chi connectivity index (χ3n) is 3.72. The Morgan fingerprint density at radius 1 is 1.15 bits per heavy atom. The van der Waals surface area contributed by atoms with Crippen molar-refractivity contribution in [1.29, 1.82) is 0 Å². The quantitative estimate of drug-likeness (QED) is 0.782. The van der Waals surface area contributed by atoms with Crippen molar-refractivity contribution in [2.75, 3.05) is 31.1 Å². The third kappa shape index (κ3) is 3.35.